The van der Waals surface area contributed by atoms with E-state index >= 15 is 0 Å². The third-order valence-corrected chi connectivity index (χ3v) is 3.24. The maximum Gasteiger partial charge on any atom is 0.195 e. The standard InChI is InChI=1S/C9H9ClN2OS/c1-5-4-14-9-11-8(10)7(12(5)9)3-6(2)13/h4H,3H2,1-2H3. The third kappa shape index (κ3) is 1.44. The molecule has 0 unspecified atom stereocenters. The lowest BCUT2D eigenvalue weighted by Gasteiger charge is -1.98. The fourth-order valence-corrected chi connectivity index (χ4v) is 2.59. The van der Waals surface area contributed by atoms with E-state index in [-0.39, 0.29) is 5.78 Å². The quantitative estimate of drug-likeness (QED) is 0.792. The highest BCUT2D eigenvalue weighted by Crippen LogP contribution is 2.24. The number of imidazole rings is 1. The molecule has 0 aromatic carbocycles. The minimum Gasteiger partial charge on any atom is -0.300 e. The summed E-state index contributed by atoms with van der Waals surface area (Å²) >= 11 is 7.48. The van der Waals surface area contributed by atoms with Gasteiger partial charge in [0.2, 0.25) is 0 Å². The van der Waals surface area contributed by atoms with Crippen LogP contribution < -0.4 is 0 Å². The number of aryl methyl sites for hydroxylation is 1. The number of aromatic nitrogens is 2. The molecule has 0 fully saturated rings. The number of fused-ring (bicyclic) bond motifs is 1. The molecule has 0 amide bonds. The van der Waals surface area contributed by atoms with Crippen molar-refractivity contribution in [1.82, 2.24) is 9.38 Å². The first kappa shape index (κ1) is 9.68. The highest BCUT2D eigenvalue weighted by Gasteiger charge is 2.14. The van der Waals surface area contributed by atoms with E-state index in [0.717, 1.165) is 16.3 Å². The van der Waals surface area contributed by atoms with Crippen LogP contribution in [0.3, 0.4) is 0 Å². The van der Waals surface area contributed by atoms with Crippen molar-refractivity contribution in [1.29, 1.82) is 0 Å². The summed E-state index contributed by atoms with van der Waals surface area (Å²) in [6, 6.07) is 0. The van der Waals surface area contributed by atoms with Gasteiger partial charge in [0.15, 0.2) is 10.1 Å². The third-order valence-electron chi connectivity index (χ3n) is 2.00. The molecule has 0 saturated heterocycles. The number of halogens is 1. The summed E-state index contributed by atoms with van der Waals surface area (Å²) < 4.78 is 1.94. The number of ketones is 1. The average Bonchev–Trinajstić information content (AvgIpc) is 2.56. The van der Waals surface area contributed by atoms with Crippen molar-refractivity contribution in [2.24, 2.45) is 0 Å². The maximum absolute atomic E-state index is 11.0. The maximum atomic E-state index is 11.0. The molecular formula is C9H9ClN2OS. The molecule has 2 aromatic rings. The average molecular weight is 229 g/mol. The zero-order valence-corrected chi connectivity index (χ0v) is 9.45. The van der Waals surface area contributed by atoms with Crippen LogP contribution in [0.5, 0.6) is 0 Å². The predicted molar refractivity (Wildman–Crippen MR) is 57.2 cm³/mol. The second-order valence-electron chi connectivity index (χ2n) is 3.22. The molecule has 2 heterocycles. The highest BCUT2D eigenvalue weighted by atomic mass is 35.5. The lowest BCUT2D eigenvalue weighted by Crippen LogP contribution is -2.01. The minimum absolute atomic E-state index is 0.0966. The summed E-state index contributed by atoms with van der Waals surface area (Å²) in [5.74, 6) is 0.0966. The molecule has 0 aliphatic heterocycles. The van der Waals surface area contributed by atoms with Crippen molar-refractivity contribution in [3.63, 3.8) is 0 Å². The zero-order chi connectivity index (χ0) is 10.3. The second kappa shape index (κ2) is 3.37. The van der Waals surface area contributed by atoms with Crippen molar-refractivity contribution in [3.05, 3.63) is 21.9 Å². The van der Waals surface area contributed by atoms with Gasteiger partial charge < -0.3 is 0 Å². The van der Waals surface area contributed by atoms with Crippen molar-refractivity contribution < 1.29 is 4.79 Å². The Hall–Kier alpha value is -0.870. The van der Waals surface area contributed by atoms with E-state index in [1.54, 1.807) is 6.92 Å². The van der Waals surface area contributed by atoms with Gasteiger partial charge in [0, 0.05) is 17.5 Å². The van der Waals surface area contributed by atoms with Crippen molar-refractivity contribution in [2.75, 3.05) is 0 Å². The van der Waals surface area contributed by atoms with Crippen LogP contribution in [0.1, 0.15) is 18.3 Å². The molecule has 0 bridgehead atoms. The Morgan fingerprint density at radius 1 is 1.71 bits per heavy atom. The molecular weight excluding hydrogens is 220 g/mol. The van der Waals surface area contributed by atoms with Gasteiger partial charge in [-0.15, -0.1) is 11.3 Å². The Kier molecular flexibility index (Phi) is 2.33. The zero-order valence-electron chi connectivity index (χ0n) is 7.87. The summed E-state index contributed by atoms with van der Waals surface area (Å²) in [6.07, 6.45) is 0.345. The van der Waals surface area contributed by atoms with E-state index in [1.165, 1.54) is 11.3 Å². The first-order valence-corrected chi connectivity index (χ1v) is 5.45. The lowest BCUT2D eigenvalue weighted by atomic mass is 10.2. The highest BCUT2D eigenvalue weighted by molar-refractivity contribution is 7.15. The normalized spacial score (nSPS) is 11.1. The monoisotopic (exact) mass is 228 g/mol. The van der Waals surface area contributed by atoms with Gasteiger partial charge in [0.25, 0.3) is 0 Å². The van der Waals surface area contributed by atoms with E-state index in [4.69, 9.17) is 11.6 Å². The van der Waals surface area contributed by atoms with Crippen molar-refractivity contribution in [3.8, 4) is 0 Å². The second-order valence-corrected chi connectivity index (χ2v) is 4.42. The first-order valence-electron chi connectivity index (χ1n) is 4.20. The molecule has 0 aliphatic carbocycles. The van der Waals surface area contributed by atoms with Crippen LogP contribution in [-0.4, -0.2) is 15.2 Å². The fourth-order valence-electron chi connectivity index (χ4n) is 1.43. The summed E-state index contributed by atoms with van der Waals surface area (Å²) in [4.78, 5) is 16.1. The Labute approximate surface area is 90.3 Å². The van der Waals surface area contributed by atoms with Gasteiger partial charge in [0.1, 0.15) is 5.78 Å². The number of carbonyl (C=O) groups excluding carboxylic acids is 1. The number of hydrogen-bond donors (Lipinski definition) is 0. The van der Waals surface area contributed by atoms with Crippen LogP contribution in [0.25, 0.3) is 4.96 Å². The molecule has 3 nitrogen and oxygen atoms in total. The molecule has 0 saturated carbocycles. The first-order chi connectivity index (χ1) is 6.59. The van der Waals surface area contributed by atoms with E-state index in [0.29, 0.717) is 11.6 Å². The van der Waals surface area contributed by atoms with Crippen LogP contribution in [0.4, 0.5) is 0 Å². The van der Waals surface area contributed by atoms with Crippen LogP contribution in [0, 0.1) is 6.92 Å². The fraction of sp³-hybridized carbons (Fsp3) is 0.333. The molecule has 0 radical (unpaired) electrons. The number of hydrogen-bond acceptors (Lipinski definition) is 3. The van der Waals surface area contributed by atoms with Gasteiger partial charge in [-0.3, -0.25) is 9.20 Å². The summed E-state index contributed by atoms with van der Waals surface area (Å²) in [5, 5.41) is 2.44. The van der Waals surface area contributed by atoms with Crippen molar-refractivity contribution in [2.45, 2.75) is 20.3 Å². The van der Waals surface area contributed by atoms with Gasteiger partial charge in [-0.25, -0.2) is 4.98 Å². The van der Waals surface area contributed by atoms with E-state index < -0.39 is 0 Å². The summed E-state index contributed by atoms with van der Waals surface area (Å²) in [7, 11) is 0. The SMILES string of the molecule is CC(=O)Cc1c(Cl)nc2scc(C)n12. The molecule has 0 aliphatic rings. The largest absolute Gasteiger partial charge is 0.300 e. The van der Waals surface area contributed by atoms with E-state index in [2.05, 4.69) is 4.98 Å². The van der Waals surface area contributed by atoms with Gasteiger partial charge in [-0.1, -0.05) is 11.6 Å². The molecule has 2 aromatic heterocycles. The molecule has 2 rings (SSSR count). The number of thiazole rings is 1. The minimum atomic E-state index is 0.0966. The van der Waals surface area contributed by atoms with E-state index in [9.17, 15) is 4.79 Å². The molecule has 0 spiro atoms. The van der Waals surface area contributed by atoms with Crippen LogP contribution in [-0.2, 0) is 11.2 Å². The molecule has 5 heteroatoms. The number of Topliss-reactive ketones (excluding diaryl/α,β-unsaturated/α-hetero) is 1. The van der Waals surface area contributed by atoms with Gasteiger partial charge >= 0.3 is 0 Å². The molecule has 74 valence electrons. The number of carbonyl (C=O) groups is 1. The summed E-state index contributed by atoms with van der Waals surface area (Å²) in [6.45, 7) is 3.53. The predicted octanol–water partition coefficient (Wildman–Crippen LogP) is 2.49. The van der Waals surface area contributed by atoms with Crippen LogP contribution in [0.15, 0.2) is 5.38 Å². The molecule has 0 N–H and O–H groups in total. The Balaban J connectivity index is 2.64. The Bertz CT molecular complexity index is 500. The van der Waals surface area contributed by atoms with Gasteiger partial charge in [-0.05, 0) is 13.8 Å². The number of nitrogens with zero attached hydrogens (tertiary/aromatic N) is 2. The molecule has 14 heavy (non-hydrogen) atoms. The Morgan fingerprint density at radius 3 is 3.07 bits per heavy atom. The topological polar surface area (TPSA) is 34.4 Å². The van der Waals surface area contributed by atoms with Gasteiger partial charge in [0.05, 0.1) is 5.69 Å². The number of rotatable bonds is 2. The summed E-state index contributed by atoms with van der Waals surface area (Å²) in [5.41, 5.74) is 1.87. The van der Waals surface area contributed by atoms with E-state index in [1.807, 2.05) is 16.7 Å². The van der Waals surface area contributed by atoms with Gasteiger partial charge in [-0.2, -0.15) is 0 Å². The van der Waals surface area contributed by atoms with Crippen LogP contribution in [0.2, 0.25) is 5.15 Å². The lowest BCUT2D eigenvalue weighted by molar-refractivity contribution is -0.116. The van der Waals surface area contributed by atoms with Crippen LogP contribution >= 0.6 is 22.9 Å². The molecule has 0 atom stereocenters. The van der Waals surface area contributed by atoms with Crippen molar-refractivity contribution >= 4 is 33.7 Å². The Morgan fingerprint density at radius 2 is 2.43 bits per heavy atom. The smallest absolute Gasteiger partial charge is 0.195 e.